The highest BCUT2D eigenvalue weighted by molar-refractivity contribution is 6.35. The van der Waals surface area contributed by atoms with Gasteiger partial charge in [-0.15, -0.1) is 0 Å². The third-order valence-electron chi connectivity index (χ3n) is 3.60. The van der Waals surface area contributed by atoms with Gasteiger partial charge in [-0.25, -0.2) is 0 Å². The van der Waals surface area contributed by atoms with Crippen LogP contribution in [-0.2, 0) is 6.42 Å². The monoisotopic (exact) mass is 321 g/mol. The summed E-state index contributed by atoms with van der Waals surface area (Å²) >= 11 is 12.1. The Kier molecular flexibility index (Phi) is 5.69. The van der Waals surface area contributed by atoms with Crippen molar-refractivity contribution >= 4 is 23.2 Å². The molecule has 0 aromatic heterocycles. The molecule has 2 aromatic carbocycles. The molecule has 3 heteroatoms. The van der Waals surface area contributed by atoms with Gasteiger partial charge in [0.2, 0.25) is 0 Å². The lowest BCUT2D eigenvalue weighted by molar-refractivity contribution is 0.576. The van der Waals surface area contributed by atoms with Gasteiger partial charge in [-0.3, -0.25) is 0 Å². The zero-order valence-corrected chi connectivity index (χ0v) is 14.2. The van der Waals surface area contributed by atoms with Gasteiger partial charge in [0.15, 0.2) is 0 Å². The highest BCUT2D eigenvalue weighted by Crippen LogP contribution is 2.21. The zero-order chi connectivity index (χ0) is 15.4. The number of hydrogen-bond acceptors (Lipinski definition) is 1. The fourth-order valence-corrected chi connectivity index (χ4v) is 3.03. The van der Waals surface area contributed by atoms with Gasteiger partial charge in [0.1, 0.15) is 0 Å². The molecule has 0 fully saturated rings. The first-order valence-electron chi connectivity index (χ1n) is 7.21. The molecule has 1 unspecified atom stereocenters. The van der Waals surface area contributed by atoms with E-state index in [9.17, 15) is 0 Å². The molecule has 2 rings (SSSR count). The predicted molar refractivity (Wildman–Crippen MR) is 92.5 cm³/mol. The Hall–Kier alpha value is -1.02. The molecule has 0 radical (unpaired) electrons. The van der Waals surface area contributed by atoms with Crippen molar-refractivity contribution in [3.63, 3.8) is 0 Å². The number of nitrogens with one attached hydrogen (secondary N) is 1. The molecule has 0 spiro atoms. The van der Waals surface area contributed by atoms with Gasteiger partial charge in [0.05, 0.1) is 0 Å². The van der Waals surface area contributed by atoms with Crippen LogP contribution in [0.1, 0.15) is 35.2 Å². The molecular formula is C18H21Cl2N. The summed E-state index contributed by atoms with van der Waals surface area (Å²) in [5.74, 6) is 0. The van der Waals surface area contributed by atoms with E-state index in [2.05, 4.69) is 44.3 Å². The van der Waals surface area contributed by atoms with Crippen molar-refractivity contribution in [2.24, 2.45) is 0 Å². The van der Waals surface area contributed by atoms with Crippen molar-refractivity contribution < 1.29 is 0 Å². The maximum absolute atomic E-state index is 6.19. The molecule has 0 aliphatic heterocycles. The first-order chi connectivity index (χ1) is 9.95. The van der Waals surface area contributed by atoms with Gasteiger partial charge in [0.25, 0.3) is 0 Å². The lowest BCUT2D eigenvalue weighted by atomic mass is 10.0. The number of rotatable bonds is 5. The summed E-state index contributed by atoms with van der Waals surface area (Å²) in [6, 6.07) is 12.7. The Balaban J connectivity index is 1.93. The smallest absolute Gasteiger partial charge is 0.0453 e. The van der Waals surface area contributed by atoms with Crippen LogP contribution in [0.3, 0.4) is 0 Å². The van der Waals surface area contributed by atoms with Crippen LogP contribution in [-0.4, -0.2) is 6.54 Å². The summed E-state index contributed by atoms with van der Waals surface area (Å²) in [4.78, 5) is 0. The molecular weight excluding hydrogens is 301 g/mol. The van der Waals surface area contributed by atoms with Gasteiger partial charge < -0.3 is 5.32 Å². The summed E-state index contributed by atoms with van der Waals surface area (Å²) in [5.41, 5.74) is 5.06. The molecule has 0 amide bonds. The van der Waals surface area contributed by atoms with Crippen LogP contribution in [0.4, 0.5) is 0 Å². The largest absolute Gasteiger partial charge is 0.310 e. The second-order valence-electron chi connectivity index (χ2n) is 5.58. The molecule has 21 heavy (non-hydrogen) atoms. The Morgan fingerprint density at radius 1 is 1.00 bits per heavy atom. The maximum atomic E-state index is 6.19. The quantitative estimate of drug-likeness (QED) is 0.766. The highest BCUT2D eigenvalue weighted by atomic mass is 35.5. The van der Waals surface area contributed by atoms with Crippen LogP contribution < -0.4 is 5.32 Å². The van der Waals surface area contributed by atoms with Gasteiger partial charge in [0, 0.05) is 16.1 Å². The Morgan fingerprint density at radius 2 is 1.67 bits per heavy atom. The molecule has 1 N–H and O–H groups in total. The molecule has 0 saturated carbocycles. The van der Waals surface area contributed by atoms with Crippen molar-refractivity contribution in [3.8, 4) is 0 Å². The van der Waals surface area contributed by atoms with E-state index in [0.29, 0.717) is 11.1 Å². The highest BCUT2D eigenvalue weighted by Gasteiger charge is 2.07. The lowest BCUT2D eigenvalue weighted by Crippen LogP contribution is -2.21. The molecule has 2 aromatic rings. The number of halogens is 2. The van der Waals surface area contributed by atoms with Gasteiger partial charge >= 0.3 is 0 Å². The van der Waals surface area contributed by atoms with E-state index >= 15 is 0 Å². The van der Waals surface area contributed by atoms with Crippen LogP contribution >= 0.6 is 23.2 Å². The van der Waals surface area contributed by atoms with E-state index in [1.807, 2.05) is 12.1 Å². The second kappa shape index (κ2) is 7.31. The van der Waals surface area contributed by atoms with E-state index in [1.165, 1.54) is 16.7 Å². The van der Waals surface area contributed by atoms with Crippen molar-refractivity contribution in [2.45, 2.75) is 33.2 Å². The van der Waals surface area contributed by atoms with Crippen molar-refractivity contribution in [1.29, 1.82) is 0 Å². The van der Waals surface area contributed by atoms with Crippen LogP contribution in [0.5, 0.6) is 0 Å². The van der Waals surface area contributed by atoms with Gasteiger partial charge in [-0.2, -0.15) is 0 Å². The average Bonchev–Trinajstić information content (AvgIpc) is 2.40. The summed E-state index contributed by atoms with van der Waals surface area (Å²) < 4.78 is 0. The van der Waals surface area contributed by atoms with Crippen LogP contribution in [0.2, 0.25) is 10.0 Å². The van der Waals surface area contributed by atoms with Crippen molar-refractivity contribution in [2.75, 3.05) is 6.54 Å². The summed E-state index contributed by atoms with van der Waals surface area (Å²) in [6.45, 7) is 7.35. The van der Waals surface area contributed by atoms with Gasteiger partial charge in [-0.05, 0) is 57.0 Å². The average molecular weight is 322 g/mol. The Bertz CT molecular complexity index is 602. The fourth-order valence-electron chi connectivity index (χ4n) is 2.53. The van der Waals surface area contributed by atoms with E-state index in [-0.39, 0.29) is 0 Å². The lowest BCUT2D eigenvalue weighted by Gasteiger charge is -2.16. The SMILES string of the molecule is Cc1cc(C)cc(C(C)NCCc2ccc(Cl)cc2Cl)c1. The first-order valence-corrected chi connectivity index (χ1v) is 7.97. The van der Waals surface area contributed by atoms with E-state index in [0.717, 1.165) is 23.6 Å². The fraction of sp³-hybridized carbons (Fsp3) is 0.333. The summed E-state index contributed by atoms with van der Waals surface area (Å²) in [7, 11) is 0. The molecule has 0 heterocycles. The third kappa shape index (κ3) is 4.74. The minimum absolute atomic E-state index is 0.328. The van der Waals surface area contributed by atoms with Crippen LogP contribution in [0.15, 0.2) is 36.4 Å². The minimum atomic E-state index is 0.328. The summed E-state index contributed by atoms with van der Waals surface area (Å²) in [5, 5.41) is 4.97. The van der Waals surface area contributed by atoms with Crippen molar-refractivity contribution in [3.05, 3.63) is 68.7 Å². The standard InChI is InChI=1S/C18H21Cl2N/c1-12-8-13(2)10-16(9-12)14(3)21-7-6-15-4-5-17(19)11-18(15)20/h4-5,8-11,14,21H,6-7H2,1-3H3. The number of benzene rings is 2. The van der Waals surface area contributed by atoms with Crippen molar-refractivity contribution in [1.82, 2.24) is 5.32 Å². The number of aryl methyl sites for hydroxylation is 2. The normalized spacial score (nSPS) is 12.4. The zero-order valence-electron chi connectivity index (χ0n) is 12.7. The summed E-state index contributed by atoms with van der Waals surface area (Å²) in [6.07, 6.45) is 0.894. The molecule has 0 bridgehead atoms. The molecule has 0 aliphatic carbocycles. The van der Waals surface area contributed by atoms with E-state index in [4.69, 9.17) is 23.2 Å². The Labute approximate surface area is 137 Å². The van der Waals surface area contributed by atoms with Crippen LogP contribution in [0.25, 0.3) is 0 Å². The molecule has 0 saturated heterocycles. The second-order valence-corrected chi connectivity index (χ2v) is 6.43. The maximum Gasteiger partial charge on any atom is 0.0453 e. The van der Waals surface area contributed by atoms with E-state index < -0.39 is 0 Å². The topological polar surface area (TPSA) is 12.0 Å². The Morgan fingerprint density at radius 3 is 2.29 bits per heavy atom. The molecule has 1 nitrogen and oxygen atoms in total. The third-order valence-corrected chi connectivity index (χ3v) is 4.19. The minimum Gasteiger partial charge on any atom is -0.310 e. The molecule has 1 atom stereocenters. The predicted octanol–water partition coefficient (Wildman–Crippen LogP) is 5.50. The van der Waals surface area contributed by atoms with E-state index in [1.54, 1.807) is 6.07 Å². The molecule has 112 valence electrons. The molecule has 0 aliphatic rings. The number of hydrogen-bond donors (Lipinski definition) is 1. The first kappa shape index (κ1) is 16.4. The van der Waals surface area contributed by atoms with Crippen LogP contribution in [0, 0.1) is 13.8 Å². The van der Waals surface area contributed by atoms with Gasteiger partial charge in [-0.1, -0.05) is 58.6 Å².